The molecule has 2 atom stereocenters. The van der Waals surface area contributed by atoms with Crippen LogP contribution >= 0.6 is 11.3 Å². The summed E-state index contributed by atoms with van der Waals surface area (Å²) < 4.78 is 0.988. The second-order valence-electron chi connectivity index (χ2n) is 4.85. The maximum atomic E-state index is 12.5. The van der Waals surface area contributed by atoms with Gasteiger partial charge in [0.15, 0.2) is 0 Å². The number of benzene rings is 1. The minimum Gasteiger partial charge on any atom is -0.480 e. The van der Waals surface area contributed by atoms with Gasteiger partial charge in [-0.1, -0.05) is 18.2 Å². The van der Waals surface area contributed by atoms with Crippen LogP contribution in [0.4, 0.5) is 0 Å². The average Bonchev–Trinajstić information content (AvgIpc) is 3.01. The first-order valence-corrected chi connectivity index (χ1v) is 7.14. The number of rotatable bonds is 2. The summed E-state index contributed by atoms with van der Waals surface area (Å²) in [5, 5.41) is 21.4. The molecule has 0 radical (unpaired) electrons. The molecule has 2 N–H and O–H groups in total. The summed E-state index contributed by atoms with van der Waals surface area (Å²) in [6.45, 7) is 0.0694. The average molecular weight is 291 g/mol. The number of nitrogens with zero attached hydrogens (tertiary/aromatic N) is 1. The van der Waals surface area contributed by atoms with Gasteiger partial charge in [0.25, 0.3) is 5.91 Å². The minimum absolute atomic E-state index is 0.0694. The van der Waals surface area contributed by atoms with Crippen LogP contribution in [0.2, 0.25) is 0 Å². The molecule has 1 amide bonds. The van der Waals surface area contributed by atoms with E-state index in [2.05, 4.69) is 0 Å². The molecule has 1 aromatic heterocycles. The molecule has 1 aromatic carbocycles. The number of carboxylic acids is 1. The lowest BCUT2D eigenvalue weighted by Gasteiger charge is -2.20. The first-order chi connectivity index (χ1) is 9.58. The second kappa shape index (κ2) is 4.88. The van der Waals surface area contributed by atoms with Crippen molar-refractivity contribution in [1.29, 1.82) is 0 Å². The first kappa shape index (κ1) is 13.1. The van der Waals surface area contributed by atoms with Gasteiger partial charge in [-0.25, -0.2) is 4.79 Å². The van der Waals surface area contributed by atoms with E-state index in [0.717, 1.165) is 10.1 Å². The normalized spacial score (nSPS) is 22.4. The van der Waals surface area contributed by atoms with Crippen LogP contribution in [-0.2, 0) is 4.79 Å². The molecule has 1 saturated heterocycles. The Bertz CT molecular complexity index is 681. The highest BCUT2D eigenvalue weighted by Crippen LogP contribution is 2.29. The number of amides is 1. The molecule has 1 aliphatic rings. The zero-order valence-corrected chi connectivity index (χ0v) is 11.3. The highest BCUT2D eigenvalue weighted by Gasteiger charge is 2.39. The van der Waals surface area contributed by atoms with Gasteiger partial charge in [-0.15, -0.1) is 11.3 Å². The van der Waals surface area contributed by atoms with Crippen molar-refractivity contribution >= 4 is 33.3 Å². The molecule has 20 heavy (non-hydrogen) atoms. The Morgan fingerprint density at radius 2 is 2.05 bits per heavy atom. The summed E-state index contributed by atoms with van der Waals surface area (Å²) in [6.07, 6.45) is -0.687. The van der Waals surface area contributed by atoms with Crippen LogP contribution in [0.15, 0.2) is 29.6 Å². The number of likely N-dealkylation sites (tertiary alicyclic amines) is 1. The molecule has 3 rings (SSSR count). The number of aliphatic hydroxyl groups is 1. The van der Waals surface area contributed by atoms with E-state index in [1.807, 2.05) is 24.3 Å². The lowest BCUT2D eigenvalue weighted by molar-refractivity contribution is -0.141. The van der Waals surface area contributed by atoms with Crippen molar-refractivity contribution in [1.82, 2.24) is 4.90 Å². The van der Waals surface area contributed by atoms with Crippen molar-refractivity contribution in [2.75, 3.05) is 6.54 Å². The van der Waals surface area contributed by atoms with E-state index in [1.54, 1.807) is 5.38 Å². The van der Waals surface area contributed by atoms with Crippen LogP contribution in [-0.4, -0.2) is 45.7 Å². The van der Waals surface area contributed by atoms with Gasteiger partial charge in [0.2, 0.25) is 0 Å². The van der Waals surface area contributed by atoms with Gasteiger partial charge in [0.1, 0.15) is 6.04 Å². The summed E-state index contributed by atoms with van der Waals surface area (Å²) in [7, 11) is 0. The van der Waals surface area contributed by atoms with Crippen LogP contribution in [0.25, 0.3) is 10.1 Å². The Labute approximate surface area is 119 Å². The summed E-state index contributed by atoms with van der Waals surface area (Å²) in [4.78, 5) is 25.0. The molecule has 1 fully saturated rings. The maximum Gasteiger partial charge on any atom is 0.326 e. The van der Waals surface area contributed by atoms with Crippen LogP contribution < -0.4 is 0 Å². The number of hydrogen-bond donors (Lipinski definition) is 2. The standard InChI is InChI=1S/C14H13NO4S/c16-8-5-11(14(18)19)15(6-8)13(17)10-7-20-12-4-2-1-3-9(10)12/h1-4,7-8,11,16H,5-6H2,(H,18,19)/t8-,11-/m0/s1. The molecule has 0 unspecified atom stereocenters. The zero-order valence-electron chi connectivity index (χ0n) is 10.5. The number of aliphatic carboxylic acids is 1. The molecule has 2 aromatic rings. The van der Waals surface area contributed by atoms with Gasteiger partial charge in [-0.05, 0) is 6.07 Å². The number of fused-ring (bicyclic) bond motifs is 1. The highest BCUT2D eigenvalue weighted by atomic mass is 32.1. The molecule has 2 heterocycles. The number of β-amino-alcohol motifs (C(OH)–C–C–N with tert-alkyl or cyclic N) is 1. The summed E-state index contributed by atoms with van der Waals surface area (Å²) in [5.74, 6) is -1.40. The number of thiophene rings is 1. The van der Waals surface area contributed by atoms with Crippen molar-refractivity contribution in [2.24, 2.45) is 0 Å². The fourth-order valence-electron chi connectivity index (χ4n) is 2.57. The van der Waals surface area contributed by atoms with E-state index in [4.69, 9.17) is 5.11 Å². The van der Waals surface area contributed by atoms with E-state index in [1.165, 1.54) is 16.2 Å². The largest absolute Gasteiger partial charge is 0.480 e. The third kappa shape index (κ3) is 2.07. The molecular weight excluding hydrogens is 278 g/mol. The van der Waals surface area contributed by atoms with Gasteiger partial charge in [0, 0.05) is 28.4 Å². The van der Waals surface area contributed by atoms with E-state index in [0.29, 0.717) is 5.56 Å². The lowest BCUT2D eigenvalue weighted by Crippen LogP contribution is -2.40. The first-order valence-electron chi connectivity index (χ1n) is 6.26. The van der Waals surface area contributed by atoms with Crippen molar-refractivity contribution < 1.29 is 19.8 Å². The van der Waals surface area contributed by atoms with Crippen molar-refractivity contribution in [3.8, 4) is 0 Å². The Morgan fingerprint density at radius 3 is 2.80 bits per heavy atom. The second-order valence-corrected chi connectivity index (χ2v) is 5.76. The van der Waals surface area contributed by atoms with E-state index >= 15 is 0 Å². The molecule has 1 aliphatic heterocycles. The van der Waals surface area contributed by atoms with Crippen molar-refractivity contribution in [2.45, 2.75) is 18.6 Å². The molecule has 0 bridgehead atoms. The van der Waals surface area contributed by atoms with Gasteiger partial charge in [-0.2, -0.15) is 0 Å². The SMILES string of the molecule is O=C(O)[C@@H]1C[C@H](O)CN1C(=O)c1csc2ccccc12. The molecule has 0 spiro atoms. The minimum atomic E-state index is -1.07. The van der Waals surface area contributed by atoms with Crippen LogP contribution in [0.3, 0.4) is 0 Å². The van der Waals surface area contributed by atoms with Crippen LogP contribution in [0.1, 0.15) is 16.8 Å². The van der Waals surface area contributed by atoms with Gasteiger partial charge >= 0.3 is 5.97 Å². The fourth-order valence-corrected chi connectivity index (χ4v) is 3.51. The quantitative estimate of drug-likeness (QED) is 0.880. The molecule has 6 heteroatoms. The smallest absolute Gasteiger partial charge is 0.326 e. The fraction of sp³-hybridized carbons (Fsp3) is 0.286. The monoisotopic (exact) mass is 291 g/mol. The van der Waals surface area contributed by atoms with Crippen molar-refractivity contribution in [3.05, 3.63) is 35.2 Å². The highest BCUT2D eigenvalue weighted by molar-refractivity contribution is 7.17. The summed E-state index contributed by atoms with van der Waals surface area (Å²) >= 11 is 1.45. The number of carboxylic acid groups (broad SMARTS) is 1. The Kier molecular flexibility index (Phi) is 3.19. The zero-order chi connectivity index (χ0) is 14.3. The van der Waals surface area contributed by atoms with E-state index in [9.17, 15) is 14.7 Å². The predicted molar refractivity (Wildman–Crippen MR) is 74.9 cm³/mol. The van der Waals surface area contributed by atoms with Gasteiger partial charge in [0.05, 0.1) is 11.7 Å². The third-order valence-electron chi connectivity index (χ3n) is 3.54. The van der Waals surface area contributed by atoms with Crippen LogP contribution in [0.5, 0.6) is 0 Å². The molecule has 0 aliphatic carbocycles. The molecule has 5 nitrogen and oxygen atoms in total. The number of hydrogen-bond acceptors (Lipinski definition) is 4. The Hall–Kier alpha value is -1.92. The van der Waals surface area contributed by atoms with Crippen molar-refractivity contribution in [3.63, 3.8) is 0 Å². The molecule has 104 valence electrons. The molecular formula is C14H13NO4S. The third-order valence-corrected chi connectivity index (χ3v) is 4.50. The Balaban J connectivity index is 1.98. The van der Waals surface area contributed by atoms with Gasteiger partial charge in [-0.3, -0.25) is 4.79 Å². The number of carbonyl (C=O) groups is 2. The summed E-state index contributed by atoms with van der Waals surface area (Å²) in [5.41, 5.74) is 0.506. The van der Waals surface area contributed by atoms with E-state index in [-0.39, 0.29) is 18.9 Å². The molecule has 0 saturated carbocycles. The predicted octanol–water partition coefficient (Wildman–Crippen LogP) is 1.56. The lowest BCUT2D eigenvalue weighted by atomic mass is 10.1. The number of aliphatic hydroxyl groups excluding tert-OH is 1. The topological polar surface area (TPSA) is 77.8 Å². The van der Waals surface area contributed by atoms with Crippen LogP contribution in [0, 0.1) is 0 Å². The maximum absolute atomic E-state index is 12.5. The number of carbonyl (C=O) groups excluding carboxylic acids is 1. The Morgan fingerprint density at radius 1 is 1.30 bits per heavy atom. The summed E-state index contributed by atoms with van der Waals surface area (Å²) in [6, 6.07) is 6.56. The van der Waals surface area contributed by atoms with E-state index < -0.39 is 18.1 Å². The van der Waals surface area contributed by atoms with Gasteiger partial charge < -0.3 is 15.1 Å².